The fourth-order valence-corrected chi connectivity index (χ4v) is 5.29. The minimum atomic E-state index is -3.67. The van der Waals surface area contributed by atoms with E-state index >= 15 is 0 Å². The Morgan fingerprint density at radius 1 is 1.15 bits per heavy atom. The minimum Gasteiger partial charge on any atom is -0.322 e. The monoisotopic (exact) mass is 297 g/mol. The summed E-state index contributed by atoms with van der Waals surface area (Å²) in [6.45, 7) is 0. The van der Waals surface area contributed by atoms with Gasteiger partial charge >= 0.3 is 0 Å². The van der Waals surface area contributed by atoms with Gasteiger partial charge < -0.3 is 5.32 Å². The van der Waals surface area contributed by atoms with Crippen LogP contribution in [-0.4, -0.2) is 20.1 Å². The molecule has 3 rings (SSSR count). The van der Waals surface area contributed by atoms with Gasteiger partial charge in [-0.15, -0.1) is 0 Å². The Morgan fingerprint density at radius 3 is 2.55 bits per heavy atom. The summed E-state index contributed by atoms with van der Waals surface area (Å²) in [6, 6.07) is 3.88. The number of para-hydroxylation sites is 1. The van der Waals surface area contributed by atoms with Crippen LogP contribution in [0, 0.1) is 11.2 Å². The van der Waals surface area contributed by atoms with Crippen molar-refractivity contribution in [1.29, 1.82) is 0 Å². The van der Waals surface area contributed by atoms with Crippen LogP contribution in [0.5, 0.6) is 0 Å². The predicted molar refractivity (Wildman–Crippen MR) is 72.6 cm³/mol. The van der Waals surface area contributed by atoms with Crippen LogP contribution < -0.4 is 5.32 Å². The molecule has 1 N–H and O–H groups in total. The van der Waals surface area contributed by atoms with Gasteiger partial charge in [0.25, 0.3) is 0 Å². The van der Waals surface area contributed by atoms with Crippen LogP contribution in [-0.2, 0) is 14.6 Å². The molecule has 1 heterocycles. The lowest BCUT2D eigenvalue weighted by Gasteiger charge is -2.33. The van der Waals surface area contributed by atoms with E-state index in [0.29, 0.717) is 12.8 Å². The van der Waals surface area contributed by atoms with Crippen molar-refractivity contribution in [3.63, 3.8) is 0 Å². The van der Waals surface area contributed by atoms with Crippen LogP contribution in [0.3, 0.4) is 0 Å². The SMILES string of the molecule is O=C1Nc2c(F)cccc2S(=O)(=O)CC12CCCCC2. The molecule has 0 radical (unpaired) electrons. The number of carbonyl (C=O) groups is 1. The zero-order valence-electron chi connectivity index (χ0n) is 11.0. The molecule has 1 aliphatic heterocycles. The van der Waals surface area contributed by atoms with E-state index in [4.69, 9.17) is 0 Å². The molecular formula is C14H16FNO3S. The number of anilines is 1. The summed E-state index contributed by atoms with van der Waals surface area (Å²) in [5, 5.41) is 2.51. The zero-order valence-corrected chi connectivity index (χ0v) is 11.8. The van der Waals surface area contributed by atoms with Gasteiger partial charge in [0, 0.05) is 0 Å². The summed E-state index contributed by atoms with van der Waals surface area (Å²) in [4.78, 5) is 12.3. The molecule has 0 saturated heterocycles. The Morgan fingerprint density at radius 2 is 1.85 bits per heavy atom. The third kappa shape index (κ3) is 2.02. The average Bonchev–Trinajstić information content (AvgIpc) is 2.48. The highest BCUT2D eigenvalue weighted by Crippen LogP contribution is 2.43. The summed E-state index contributed by atoms with van der Waals surface area (Å²) >= 11 is 0. The van der Waals surface area contributed by atoms with Crippen molar-refractivity contribution in [3.8, 4) is 0 Å². The maximum atomic E-state index is 13.8. The van der Waals surface area contributed by atoms with Crippen LogP contribution in [0.1, 0.15) is 32.1 Å². The van der Waals surface area contributed by atoms with Gasteiger partial charge in [-0.2, -0.15) is 0 Å². The molecule has 1 aromatic carbocycles. The van der Waals surface area contributed by atoms with Crippen molar-refractivity contribution in [2.75, 3.05) is 11.1 Å². The first-order valence-corrected chi connectivity index (χ1v) is 8.43. The summed E-state index contributed by atoms with van der Waals surface area (Å²) in [5.41, 5.74) is -1.09. The van der Waals surface area contributed by atoms with Gasteiger partial charge in [-0.3, -0.25) is 4.79 Å². The first kappa shape index (κ1) is 13.5. The topological polar surface area (TPSA) is 63.2 Å². The van der Waals surface area contributed by atoms with Crippen molar-refractivity contribution in [3.05, 3.63) is 24.0 Å². The van der Waals surface area contributed by atoms with Crippen molar-refractivity contribution in [2.24, 2.45) is 5.41 Å². The number of nitrogens with one attached hydrogen (secondary N) is 1. The molecule has 0 unspecified atom stereocenters. The molecule has 0 bridgehead atoms. The number of hydrogen-bond acceptors (Lipinski definition) is 3. The highest BCUT2D eigenvalue weighted by Gasteiger charge is 2.46. The number of sulfone groups is 1. The molecule has 0 aromatic heterocycles. The fraction of sp³-hybridized carbons (Fsp3) is 0.500. The van der Waals surface area contributed by atoms with E-state index in [9.17, 15) is 17.6 Å². The molecule has 1 saturated carbocycles. The molecule has 6 heteroatoms. The highest BCUT2D eigenvalue weighted by atomic mass is 32.2. The van der Waals surface area contributed by atoms with Crippen LogP contribution in [0.25, 0.3) is 0 Å². The van der Waals surface area contributed by atoms with Gasteiger partial charge in [0.2, 0.25) is 5.91 Å². The molecule has 1 aromatic rings. The summed E-state index contributed by atoms with van der Waals surface area (Å²) in [7, 11) is -3.67. The normalized spacial score (nSPS) is 23.8. The molecule has 1 amide bonds. The number of rotatable bonds is 0. The second-order valence-corrected chi connectivity index (χ2v) is 7.63. The Bertz CT molecular complexity index is 663. The van der Waals surface area contributed by atoms with Gasteiger partial charge in [-0.1, -0.05) is 25.3 Å². The first-order valence-electron chi connectivity index (χ1n) is 6.77. The average molecular weight is 297 g/mol. The van der Waals surface area contributed by atoms with Crippen LogP contribution in [0.15, 0.2) is 23.1 Å². The molecule has 0 atom stereocenters. The number of hydrogen-bond donors (Lipinski definition) is 1. The second kappa shape index (κ2) is 4.55. The third-order valence-corrected chi connectivity index (χ3v) is 6.25. The summed E-state index contributed by atoms with van der Waals surface area (Å²) < 4.78 is 38.9. The molecule has 2 aliphatic rings. The van der Waals surface area contributed by atoms with Crippen molar-refractivity contribution >= 4 is 21.4 Å². The number of amides is 1. The quantitative estimate of drug-likeness (QED) is 0.800. The van der Waals surface area contributed by atoms with E-state index in [2.05, 4.69) is 5.32 Å². The molecular weight excluding hydrogens is 281 g/mol. The van der Waals surface area contributed by atoms with E-state index in [1.165, 1.54) is 12.1 Å². The molecule has 108 valence electrons. The number of halogens is 1. The number of benzene rings is 1. The van der Waals surface area contributed by atoms with E-state index in [-0.39, 0.29) is 22.2 Å². The molecule has 1 fully saturated rings. The van der Waals surface area contributed by atoms with E-state index in [1.807, 2.05) is 0 Å². The third-order valence-electron chi connectivity index (χ3n) is 4.31. The second-order valence-electron chi connectivity index (χ2n) is 5.67. The predicted octanol–water partition coefficient (Wildman–Crippen LogP) is 2.50. The molecule has 1 aliphatic carbocycles. The minimum absolute atomic E-state index is 0.103. The van der Waals surface area contributed by atoms with E-state index in [0.717, 1.165) is 25.3 Å². The molecule has 20 heavy (non-hydrogen) atoms. The Hall–Kier alpha value is -1.43. The highest BCUT2D eigenvalue weighted by molar-refractivity contribution is 7.91. The van der Waals surface area contributed by atoms with E-state index in [1.54, 1.807) is 0 Å². The van der Waals surface area contributed by atoms with E-state index < -0.39 is 21.1 Å². The Balaban J connectivity index is 2.15. The van der Waals surface area contributed by atoms with Gasteiger partial charge in [-0.25, -0.2) is 12.8 Å². The summed E-state index contributed by atoms with van der Waals surface area (Å²) in [6.07, 6.45) is 3.78. The van der Waals surface area contributed by atoms with Crippen LogP contribution in [0.2, 0.25) is 0 Å². The summed E-state index contributed by atoms with van der Waals surface area (Å²) in [5.74, 6) is -1.28. The molecule has 4 nitrogen and oxygen atoms in total. The van der Waals surface area contributed by atoms with Crippen molar-refractivity contribution in [1.82, 2.24) is 0 Å². The molecule has 1 spiro atoms. The van der Waals surface area contributed by atoms with Crippen molar-refractivity contribution in [2.45, 2.75) is 37.0 Å². The van der Waals surface area contributed by atoms with Gasteiger partial charge in [0.1, 0.15) is 5.82 Å². The largest absolute Gasteiger partial charge is 0.322 e. The van der Waals surface area contributed by atoms with Crippen LogP contribution >= 0.6 is 0 Å². The zero-order chi connectivity index (χ0) is 14.4. The number of carbonyl (C=O) groups excluding carboxylic acids is 1. The lowest BCUT2D eigenvalue weighted by molar-refractivity contribution is -0.126. The smallest absolute Gasteiger partial charge is 0.231 e. The first-order chi connectivity index (χ1) is 9.45. The lowest BCUT2D eigenvalue weighted by atomic mass is 9.75. The van der Waals surface area contributed by atoms with Crippen LogP contribution in [0.4, 0.5) is 10.1 Å². The Labute approximate surface area is 117 Å². The van der Waals surface area contributed by atoms with Gasteiger partial charge in [-0.05, 0) is 25.0 Å². The fourth-order valence-electron chi connectivity index (χ4n) is 3.24. The number of fused-ring (bicyclic) bond motifs is 1. The lowest BCUT2D eigenvalue weighted by Crippen LogP contribution is -2.41. The van der Waals surface area contributed by atoms with Crippen molar-refractivity contribution < 1.29 is 17.6 Å². The Kier molecular flexibility index (Phi) is 3.08. The van der Waals surface area contributed by atoms with Gasteiger partial charge in [0.05, 0.1) is 21.8 Å². The maximum absolute atomic E-state index is 13.8. The standard InChI is InChI=1S/C14H16FNO3S/c15-10-5-4-6-11-12(10)16-13(17)14(9-20(11,18)19)7-2-1-3-8-14/h4-6H,1-3,7-9H2,(H,16,17). The maximum Gasteiger partial charge on any atom is 0.231 e. The van der Waals surface area contributed by atoms with Gasteiger partial charge in [0.15, 0.2) is 9.84 Å².